The zero-order chi connectivity index (χ0) is 19.4. The van der Waals surface area contributed by atoms with Crippen LogP contribution in [0.3, 0.4) is 0 Å². The number of sulfonamides is 1. The minimum atomic E-state index is -3.58. The first-order valence-corrected chi connectivity index (χ1v) is 10.1. The highest BCUT2D eigenvalue weighted by Crippen LogP contribution is 2.14. The Bertz CT molecular complexity index is 1030. The van der Waals surface area contributed by atoms with Gasteiger partial charge in [0.2, 0.25) is 10.0 Å². The third-order valence-electron chi connectivity index (χ3n) is 3.73. The van der Waals surface area contributed by atoms with Gasteiger partial charge in [0, 0.05) is 29.9 Å². The largest absolute Gasteiger partial charge is 0.369 e. The van der Waals surface area contributed by atoms with Gasteiger partial charge in [-0.3, -0.25) is 0 Å². The van der Waals surface area contributed by atoms with Gasteiger partial charge in [0.05, 0.1) is 10.6 Å². The molecule has 0 saturated heterocycles. The van der Waals surface area contributed by atoms with Crippen molar-refractivity contribution in [2.24, 2.45) is 0 Å². The van der Waals surface area contributed by atoms with Gasteiger partial charge in [0.25, 0.3) is 0 Å². The number of hydrogen-bond donors (Lipinski definition) is 2. The Hall–Kier alpha value is -2.49. The summed E-state index contributed by atoms with van der Waals surface area (Å²) >= 11 is 5.78. The monoisotopic (exact) mass is 406 g/mol. The Morgan fingerprint density at radius 2 is 1.81 bits per heavy atom. The molecule has 8 nitrogen and oxygen atoms in total. The fourth-order valence-corrected chi connectivity index (χ4v) is 3.65. The molecule has 3 rings (SSSR count). The van der Waals surface area contributed by atoms with E-state index in [0.29, 0.717) is 23.2 Å². The summed E-state index contributed by atoms with van der Waals surface area (Å²) in [6.07, 6.45) is 1.44. The number of aromatic nitrogens is 4. The molecule has 2 aromatic heterocycles. The molecular formula is C17H19ClN6O2S. The summed E-state index contributed by atoms with van der Waals surface area (Å²) < 4.78 is 28.7. The molecule has 0 atom stereocenters. The molecule has 0 unspecified atom stereocenters. The lowest BCUT2D eigenvalue weighted by atomic mass is 10.4. The molecular weight excluding hydrogens is 388 g/mol. The van der Waals surface area contributed by atoms with E-state index in [9.17, 15) is 8.42 Å². The third kappa shape index (κ3) is 4.82. The molecule has 10 heteroatoms. The molecule has 0 aliphatic heterocycles. The van der Waals surface area contributed by atoms with E-state index < -0.39 is 10.0 Å². The quantitative estimate of drug-likeness (QED) is 0.584. The van der Waals surface area contributed by atoms with E-state index in [1.54, 1.807) is 10.7 Å². The summed E-state index contributed by atoms with van der Waals surface area (Å²) in [7, 11) is -3.58. The maximum absolute atomic E-state index is 12.2. The number of hydrogen-bond acceptors (Lipinski definition) is 6. The predicted molar refractivity (Wildman–Crippen MR) is 104 cm³/mol. The summed E-state index contributed by atoms with van der Waals surface area (Å²) in [6, 6.07) is 9.71. The SMILES string of the molecule is Cc1cc(C)n(-c2cc(NCCNS(=O)(=O)c3ccc(Cl)cc3)ncn2)n1. The van der Waals surface area contributed by atoms with Crippen LogP contribution in [0, 0.1) is 13.8 Å². The van der Waals surface area contributed by atoms with E-state index >= 15 is 0 Å². The van der Waals surface area contributed by atoms with Crippen molar-refractivity contribution in [3.63, 3.8) is 0 Å². The molecule has 2 heterocycles. The zero-order valence-electron chi connectivity index (χ0n) is 14.8. The molecule has 0 aliphatic carbocycles. The van der Waals surface area contributed by atoms with E-state index in [2.05, 4.69) is 25.1 Å². The minimum absolute atomic E-state index is 0.167. The van der Waals surface area contributed by atoms with Crippen LogP contribution in [0.15, 0.2) is 47.6 Å². The molecule has 0 fully saturated rings. The molecule has 0 bridgehead atoms. The minimum Gasteiger partial charge on any atom is -0.369 e. The van der Waals surface area contributed by atoms with Gasteiger partial charge in [-0.15, -0.1) is 0 Å². The first-order valence-electron chi connectivity index (χ1n) is 8.20. The number of aryl methyl sites for hydroxylation is 2. The Morgan fingerprint density at radius 3 is 2.48 bits per heavy atom. The molecule has 0 saturated carbocycles. The highest BCUT2D eigenvalue weighted by Gasteiger charge is 2.13. The molecule has 0 aliphatic rings. The number of nitrogens with one attached hydrogen (secondary N) is 2. The summed E-state index contributed by atoms with van der Waals surface area (Å²) in [4.78, 5) is 8.54. The van der Waals surface area contributed by atoms with Gasteiger partial charge in [-0.1, -0.05) is 11.6 Å². The van der Waals surface area contributed by atoms with E-state index in [1.807, 2.05) is 19.9 Å². The summed E-state index contributed by atoms with van der Waals surface area (Å²) in [5.41, 5.74) is 1.87. The maximum Gasteiger partial charge on any atom is 0.240 e. The van der Waals surface area contributed by atoms with Crippen LogP contribution in [-0.2, 0) is 10.0 Å². The first kappa shape index (κ1) is 19.3. The van der Waals surface area contributed by atoms with E-state index in [4.69, 9.17) is 11.6 Å². The van der Waals surface area contributed by atoms with Crippen LogP contribution in [0.5, 0.6) is 0 Å². The molecule has 2 N–H and O–H groups in total. The Morgan fingerprint density at radius 1 is 1.07 bits per heavy atom. The Kier molecular flexibility index (Phi) is 5.73. The molecule has 0 spiro atoms. The van der Waals surface area contributed by atoms with Crippen LogP contribution < -0.4 is 10.0 Å². The van der Waals surface area contributed by atoms with Crippen molar-refractivity contribution < 1.29 is 8.42 Å². The van der Waals surface area contributed by atoms with Gasteiger partial charge in [-0.05, 0) is 44.2 Å². The second-order valence-electron chi connectivity index (χ2n) is 5.88. The highest BCUT2D eigenvalue weighted by atomic mass is 35.5. The van der Waals surface area contributed by atoms with Gasteiger partial charge >= 0.3 is 0 Å². The van der Waals surface area contributed by atoms with E-state index in [-0.39, 0.29) is 11.4 Å². The van der Waals surface area contributed by atoms with Crippen molar-refractivity contribution in [1.82, 2.24) is 24.5 Å². The van der Waals surface area contributed by atoms with Crippen molar-refractivity contribution >= 4 is 27.4 Å². The van der Waals surface area contributed by atoms with Crippen LogP contribution in [-0.4, -0.2) is 41.3 Å². The zero-order valence-corrected chi connectivity index (χ0v) is 16.4. The van der Waals surface area contributed by atoms with Gasteiger partial charge in [0.1, 0.15) is 12.1 Å². The molecule has 0 radical (unpaired) electrons. The lowest BCUT2D eigenvalue weighted by Crippen LogP contribution is -2.29. The summed E-state index contributed by atoms with van der Waals surface area (Å²) in [5.74, 6) is 1.22. The topological polar surface area (TPSA) is 102 Å². The summed E-state index contributed by atoms with van der Waals surface area (Å²) in [6.45, 7) is 4.42. The lowest BCUT2D eigenvalue weighted by molar-refractivity contribution is 0.583. The molecule has 142 valence electrons. The second-order valence-corrected chi connectivity index (χ2v) is 8.08. The van der Waals surface area contributed by atoms with E-state index in [0.717, 1.165) is 11.4 Å². The van der Waals surface area contributed by atoms with Crippen LogP contribution in [0.2, 0.25) is 5.02 Å². The normalized spacial score (nSPS) is 11.5. The van der Waals surface area contributed by atoms with Gasteiger partial charge < -0.3 is 5.32 Å². The predicted octanol–water partition coefficient (Wildman–Crippen LogP) is 2.32. The van der Waals surface area contributed by atoms with Crippen LogP contribution in [0.1, 0.15) is 11.4 Å². The molecule has 27 heavy (non-hydrogen) atoms. The van der Waals surface area contributed by atoms with Crippen LogP contribution >= 0.6 is 11.6 Å². The van der Waals surface area contributed by atoms with Crippen molar-refractivity contribution in [3.05, 3.63) is 59.1 Å². The number of benzene rings is 1. The number of nitrogens with zero attached hydrogens (tertiary/aromatic N) is 4. The van der Waals surface area contributed by atoms with Gasteiger partial charge in [-0.25, -0.2) is 27.8 Å². The second kappa shape index (κ2) is 8.03. The van der Waals surface area contributed by atoms with Crippen molar-refractivity contribution in [3.8, 4) is 5.82 Å². The Balaban J connectivity index is 1.59. The average molecular weight is 407 g/mol. The fourth-order valence-electron chi connectivity index (χ4n) is 2.49. The van der Waals surface area contributed by atoms with Crippen molar-refractivity contribution in [2.75, 3.05) is 18.4 Å². The lowest BCUT2D eigenvalue weighted by Gasteiger charge is -2.09. The van der Waals surface area contributed by atoms with Crippen molar-refractivity contribution in [1.29, 1.82) is 0 Å². The van der Waals surface area contributed by atoms with E-state index in [1.165, 1.54) is 30.6 Å². The number of halogens is 1. The number of anilines is 1. The first-order chi connectivity index (χ1) is 12.8. The maximum atomic E-state index is 12.2. The summed E-state index contributed by atoms with van der Waals surface area (Å²) in [5, 5.41) is 7.95. The fraction of sp³-hybridized carbons (Fsp3) is 0.235. The molecule has 0 amide bonds. The van der Waals surface area contributed by atoms with Gasteiger partial charge in [0.15, 0.2) is 5.82 Å². The Labute approximate surface area is 162 Å². The third-order valence-corrected chi connectivity index (χ3v) is 5.46. The standard InChI is InChI=1S/C17H19ClN6O2S/c1-12-9-13(2)24(23-12)17-10-16(20-11-21-17)19-7-8-22-27(25,26)15-5-3-14(18)4-6-15/h3-6,9-11,22H,7-8H2,1-2H3,(H,19,20,21). The molecule has 3 aromatic rings. The van der Waals surface area contributed by atoms with Gasteiger partial charge in [-0.2, -0.15) is 5.10 Å². The molecule has 1 aromatic carbocycles. The smallest absolute Gasteiger partial charge is 0.240 e. The van der Waals surface area contributed by atoms with Crippen LogP contribution in [0.25, 0.3) is 5.82 Å². The average Bonchev–Trinajstić information content (AvgIpc) is 2.98. The highest BCUT2D eigenvalue weighted by molar-refractivity contribution is 7.89. The van der Waals surface area contributed by atoms with Crippen LogP contribution in [0.4, 0.5) is 5.82 Å². The van der Waals surface area contributed by atoms with Crippen molar-refractivity contribution in [2.45, 2.75) is 18.7 Å². The number of rotatable bonds is 7.